The summed E-state index contributed by atoms with van der Waals surface area (Å²) >= 11 is 0. The molecule has 2 heterocycles. The first-order chi connectivity index (χ1) is 10.6. The molecule has 1 saturated carbocycles. The van der Waals surface area contributed by atoms with Gasteiger partial charge >= 0.3 is 0 Å². The van der Waals surface area contributed by atoms with Crippen LogP contribution in [0.3, 0.4) is 0 Å². The van der Waals surface area contributed by atoms with Crippen molar-refractivity contribution in [2.45, 2.75) is 38.6 Å². The molecule has 116 valence electrons. The maximum atomic E-state index is 12.5. The molecule has 3 rings (SSSR count). The van der Waals surface area contributed by atoms with Crippen molar-refractivity contribution in [3.8, 4) is 0 Å². The van der Waals surface area contributed by atoms with Crippen LogP contribution in [-0.2, 0) is 0 Å². The van der Waals surface area contributed by atoms with Crippen LogP contribution < -0.4 is 11.1 Å². The van der Waals surface area contributed by atoms with E-state index in [1.807, 2.05) is 0 Å². The van der Waals surface area contributed by atoms with Crippen molar-refractivity contribution in [3.05, 3.63) is 29.7 Å². The molecule has 0 radical (unpaired) electrons. The van der Waals surface area contributed by atoms with E-state index in [0.717, 1.165) is 31.6 Å². The molecule has 0 spiro atoms. The lowest BCUT2D eigenvalue weighted by molar-refractivity contribution is 0.0914. The number of nitrogens with zero attached hydrogens (tertiary/aromatic N) is 3. The molecule has 1 fully saturated rings. The van der Waals surface area contributed by atoms with Crippen molar-refractivity contribution >= 4 is 17.5 Å². The molecule has 2 aromatic rings. The average Bonchev–Trinajstić information content (AvgIpc) is 2.93. The van der Waals surface area contributed by atoms with Crippen molar-refractivity contribution < 1.29 is 9.59 Å². The fourth-order valence-corrected chi connectivity index (χ4v) is 2.90. The van der Waals surface area contributed by atoms with Crippen LogP contribution in [0.5, 0.6) is 0 Å². The number of rotatable bonds is 3. The van der Waals surface area contributed by atoms with E-state index < -0.39 is 5.91 Å². The number of hydrogen-bond donors (Lipinski definition) is 2. The van der Waals surface area contributed by atoms with Crippen LogP contribution in [0.2, 0.25) is 0 Å². The largest absolute Gasteiger partial charge is 0.365 e. The Morgan fingerprint density at radius 2 is 2.05 bits per heavy atom. The van der Waals surface area contributed by atoms with Crippen molar-refractivity contribution in [1.29, 1.82) is 0 Å². The number of nitrogens with two attached hydrogens (primary N) is 1. The Morgan fingerprint density at radius 1 is 1.32 bits per heavy atom. The van der Waals surface area contributed by atoms with Gasteiger partial charge in [-0.3, -0.25) is 9.59 Å². The number of nitrogens with one attached hydrogen (secondary N) is 1. The van der Waals surface area contributed by atoms with Gasteiger partial charge in [0.05, 0.1) is 6.20 Å². The van der Waals surface area contributed by atoms with Gasteiger partial charge in [-0.25, -0.2) is 9.50 Å². The third kappa shape index (κ3) is 2.66. The number of fused-ring (bicyclic) bond motifs is 1. The van der Waals surface area contributed by atoms with Gasteiger partial charge in [-0.2, -0.15) is 5.10 Å². The van der Waals surface area contributed by atoms with Crippen LogP contribution in [0.1, 0.15) is 53.5 Å². The Morgan fingerprint density at radius 3 is 2.73 bits per heavy atom. The predicted molar refractivity (Wildman–Crippen MR) is 80.4 cm³/mol. The molecule has 1 aliphatic rings. The summed E-state index contributed by atoms with van der Waals surface area (Å²) in [7, 11) is 0. The topological polar surface area (TPSA) is 102 Å². The molecule has 3 N–H and O–H groups in total. The van der Waals surface area contributed by atoms with E-state index in [1.54, 1.807) is 6.07 Å². The Bertz CT molecular complexity index is 716. The Kier molecular flexibility index (Phi) is 3.79. The standard InChI is InChI=1S/C15H19N5O2/c1-9-2-4-10(5-3-9)19-15(22)12-6-7-17-14-11(13(16)21)8-18-20(12)14/h6-10H,2-5H2,1H3,(H2,16,21)(H,19,22). The SMILES string of the molecule is CC1CCC(NC(=O)c2ccnc3c(C(N)=O)cnn23)CC1. The second-order valence-corrected chi connectivity index (χ2v) is 5.92. The summed E-state index contributed by atoms with van der Waals surface area (Å²) in [6.45, 7) is 2.24. The molecule has 7 heteroatoms. The molecule has 22 heavy (non-hydrogen) atoms. The van der Waals surface area contributed by atoms with Gasteiger partial charge in [-0.1, -0.05) is 6.92 Å². The second kappa shape index (κ2) is 5.75. The number of primary amides is 1. The van der Waals surface area contributed by atoms with E-state index in [0.29, 0.717) is 11.3 Å². The van der Waals surface area contributed by atoms with E-state index in [2.05, 4.69) is 22.3 Å². The lowest BCUT2D eigenvalue weighted by Crippen LogP contribution is -2.38. The first-order valence-electron chi connectivity index (χ1n) is 7.49. The van der Waals surface area contributed by atoms with Crippen LogP contribution in [0.15, 0.2) is 18.5 Å². The van der Waals surface area contributed by atoms with Crippen LogP contribution in [0, 0.1) is 5.92 Å². The Hall–Kier alpha value is -2.44. The van der Waals surface area contributed by atoms with Crippen molar-refractivity contribution in [1.82, 2.24) is 19.9 Å². The predicted octanol–water partition coefficient (Wildman–Crippen LogP) is 1.14. The molecule has 7 nitrogen and oxygen atoms in total. The van der Waals surface area contributed by atoms with Gasteiger partial charge in [0.15, 0.2) is 5.65 Å². The zero-order valence-electron chi connectivity index (χ0n) is 12.5. The maximum Gasteiger partial charge on any atom is 0.270 e. The minimum Gasteiger partial charge on any atom is -0.365 e. The van der Waals surface area contributed by atoms with Crippen LogP contribution in [0.4, 0.5) is 0 Å². The van der Waals surface area contributed by atoms with Crippen LogP contribution in [0.25, 0.3) is 5.65 Å². The first kappa shape index (κ1) is 14.5. The second-order valence-electron chi connectivity index (χ2n) is 5.92. The normalized spacial score (nSPS) is 21.7. The van der Waals surface area contributed by atoms with Crippen molar-refractivity contribution in [2.75, 3.05) is 0 Å². The fraction of sp³-hybridized carbons (Fsp3) is 0.467. The number of hydrogen-bond acceptors (Lipinski definition) is 4. The Balaban J connectivity index is 1.83. The molecule has 0 bridgehead atoms. The molecule has 0 atom stereocenters. The van der Waals surface area contributed by atoms with E-state index in [9.17, 15) is 9.59 Å². The van der Waals surface area contributed by atoms with Crippen LogP contribution >= 0.6 is 0 Å². The minimum absolute atomic E-state index is 0.193. The summed E-state index contributed by atoms with van der Waals surface area (Å²) in [4.78, 5) is 27.9. The maximum absolute atomic E-state index is 12.5. The molecule has 1 aliphatic carbocycles. The summed E-state index contributed by atoms with van der Waals surface area (Å²) in [6.07, 6.45) is 7.07. The summed E-state index contributed by atoms with van der Waals surface area (Å²) in [5.74, 6) is -0.0857. The van der Waals surface area contributed by atoms with Crippen molar-refractivity contribution in [2.24, 2.45) is 11.7 Å². The van der Waals surface area contributed by atoms with Gasteiger partial charge in [0.25, 0.3) is 11.8 Å². The van der Waals surface area contributed by atoms with Crippen molar-refractivity contribution in [3.63, 3.8) is 0 Å². The molecular weight excluding hydrogens is 282 g/mol. The van der Waals surface area contributed by atoms with Gasteiger partial charge in [-0.15, -0.1) is 0 Å². The molecule has 0 saturated heterocycles. The summed E-state index contributed by atoms with van der Waals surface area (Å²) in [5.41, 5.74) is 6.15. The zero-order valence-corrected chi connectivity index (χ0v) is 12.5. The molecule has 2 amide bonds. The summed E-state index contributed by atoms with van der Waals surface area (Å²) in [5, 5.41) is 7.10. The molecule has 2 aromatic heterocycles. The number of aromatic nitrogens is 3. The van der Waals surface area contributed by atoms with E-state index in [4.69, 9.17) is 5.73 Å². The lowest BCUT2D eigenvalue weighted by atomic mass is 9.87. The fourth-order valence-electron chi connectivity index (χ4n) is 2.90. The minimum atomic E-state index is -0.610. The molecule has 0 unspecified atom stereocenters. The van der Waals surface area contributed by atoms with Gasteiger partial charge in [0, 0.05) is 12.2 Å². The highest BCUT2D eigenvalue weighted by atomic mass is 16.2. The number of carbonyl (C=O) groups excluding carboxylic acids is 2. The first-order valence-corrected chi connectivity index (χ1v) is 7.49. The molecule has 0 aromatic carbocycles. The molecular formula is C15H19N5O2. The van der Waals surface area contributed by atoms with E-state index in [-0.39, 0.29) is 17.5 Å². The number of amides is 2. The summed E-state index contributed by atoms with van der Waals surface area (Å²) in [6, 6.07) is 1.78. The van der Waals surface area contributed by atoms with Gasteiger partial charge < -0.3 is 11.1 Å². The molecule has 0 aliphatic heterocycles. The average molecular weight is 301 g/mol. The monoisotopic (exact) mass is 301 g/mol. The summed E-state index contributed by atoms with van der Waals surface area (Å²) < 4.78 is 1.36. The highest BCUT2D eigenvalue weighted by Gasteiger charge is 2.22. The third-order valence-electron chi connectivity index (χ3n) is 4.25. The third-order valence-corrected chi connectivity index (χ3v) is 4.25. The highest BCUT2D eigenvalue weighted by molar-refractivity contribution is 5.99. The van der Waals surface area contributed by atoms with Gasteiger partial charge in [0.2, 0.25) is 0 Å². The van der Waals surface area contributed by atoms with E-state index >= 15 is 0 Å². The smallest absolute Gasteiger partial charge is 0.270 e. The zero-order chi connectivity index (χ0) is 15.7. The van der Waals surface area contributed by atoms with Crippen LogP contribution in [-0.4, -0.2) is 32.5 Å². The van der Waals surface area contributed by atoms with Gasteiger partial charge in [0.1, 0.15) is 11.3 Å². The highest BCUT2D eigenvalue weighted by Crippen LogP contribution is 2.23. The lowest BCUT2D eigenvalue weighted by Gasteiger charge is -2.26. The van der Waals surface area contributed by atoms with E-state index in [1.165, 1.54) is 16.9 Å². The van der Waals surface area contributed by atoms with Gasteiger partial charge in [-0.05, 0) is 37.7 Å². The number of carbonyl (C=O) groups is 2. The Labute approximate surface area is 127 Å². The quantitative estimate of drug-likeness (QED) is 0.887.